The Morgan fingerprint density at radius 1 is 0.442 bits per heavy atom. The molecule has 4 aliphatic rings. The zero-order chi connectivity index (χ0) is 38.9. The van der Waals surface area contributed by atoms with Gasteiger partial charge in [0, 0.05) is 5.92 Å². The van der Waals surface area contributed by atoms with Gasteiger partial charge in [-0.1, -0.05) is 92.4 Å². The van der Waals surface area contributed by atoms with Crippen LogP contribution in [0, 0.1) is 53.3 Å². The Bertz CT molecular complexity index is 945. The SMILES string of the molecule is CC(C)CC1CCC(C(=O)O)CC1.CCCC1CCC(C(=O)O)CC1.CCCCC1CCC(C(=O)O)CC1.CCCCCC1CCC(C(C)=O)CC1. The lowest BCUT2D eigenvalue weighted by atomic mass is 9.78. The molecule has 0 aliphatic heterocycles. The van der Waals surface area contributed by atoms with E-state index in [2.05, 4.69) is 34.6 Å². The molecule has 0 spiro atoms. The topological polar surface area (TPSA) is 129 Å². The monoisotopic (exact) mass is 735 g/mol. The Hall–Kier alpha value is -1.92. The molecule has 0 radical (unpaired) electrons. The maximum absolute atomic E-state index is 11.2. The normalized spacial score (nSPS) is 28.8. The summed E-state index contributed by atoms with van der Waals surface area (Å²) in [5, 5.41) is 26.4. The lowest BCUT2D eigenvalue weighted by Crippen LogP contribution is -2.22. The highest BCUT2D eigenvalue weighted by Crippen LogP contribution is 2.35. The molecule has 4 fully saturated rings. The van der Waals surface area contributed by atoms with Crippen LogP contribution in [0.15, 0.2) is 0 Å². The van der Waals surface area contributed by atoms with Gasteiger partial charge in [0.2, 0.25) is 0 Å². The van der Waals surface area contributed by atoms with Crippen molar-refractivity contribution in [2.45, 2.75) is 208 Å². The molecule has 0 aromatic heterocycles. The molecule has 0 bridgehead atoms. The molecule has 52 heavy (non-hydrogen) atoms. The van der Waals surface area contributed by atoms with Crippen molar-refractivity contribution in [3.8, 4) is 0 Å². The number of carbonyl (C=O) groups excluding carboxylic acids is 1. The largest absolute Gasteiger partial charge is 0.481 e. The van der Waals surface area contributed by atoms with Crippen LogP contribution in [0.3, 0.4) is 0 Å². The summed E-state index contributed by atoms with van der Waals surface area (Å²) in [4.78, 5) is 43.1. The van der Waals surface area contributed by atoms with E-state index >= 15 is 0 Å². The zero-order valence-corrected chi connectivity index (χ0v) is 34.6. The van der Waals surface area contributed by atoms with Gasteiger partial charge in [-0.15, -0.1) is 0 Å². The third kappa shape index (κ3) is 21.7. The predicted molar refractivity (Wildman–Crippen MR) is 213 cm³/mol. The third-order valence-electron chi connectivity index (χ3n) is 12.7. The highest BCUT2D eigenvalue weighted by atomic mass is 16.4. The molecule has 7 heteroatoms. The smallest absolute Gasteiger partial charge is 0.306 e. The van der Waals surface area contributed by atoms with Gasteiger partial charge in [0.25, 0.3) is 0 Å². The summed E-state index contributed by atoms with van der Waals surface area (Å²) in [6.45, 7) is 12.9. The lowest BCUT2D eigenvalue weighted by Gasteiger charge is -2.27. The Kier molecular flexibility index (Phi) is 26.4. The van der Waals surface area contributed by atoms with Crippen LogP contribution in [0.5, 0.6) is 0 Å². The Morgan fingerprint density at radius 3 is 1.08 bits per heavy atom. The minimum absolute atomic E-state index is 0.0434. The number of rotatable bonds is 15. The van der Waals surface area contributed by atoms with Crippen LogP contribution in [0.2, 0.25) is 0 Å². The van der Waals surface area contributed by atoms with Gasteiger partial charge in [-0.05, 0) is 146 Å². The second-order valence-corrected chi connectivity index (χ2v) is 17.6. The van der Waals surface area contributed by atoms with E-state index in [9.17, 15) is 19.2 Å². The molecule has 3 N–H and O–H groups in total. The van der Waals surface area contributed by atoms with Gasteiger partial charge in [-0.25, -0.2) is 0 Å². The van der Waals surface area contributed by atoms with Crippen LogP contribution in [0.1, 0.15) is 208 Å². The summed E-state index contributed by atoms with van der Waals surface area (Å²) in [7, 11) is 0. The number of aliphatic carboxylic acids is 3. The van der Waals surface area contributed by atoms with Crippen LogP contribution in [-0.4, -0.2) is 39.0 Å². The van der Waals surface area contributed by atoms with Gasteiger partial charge in [0.1, 0.15) is 5.78 Å². The molecule has 0 atom stereocenters. The fourth-order valence-corrected chi connectivity index (χ4v) is 9.15. The van der Waals surface area contributed by atoms with Crippen molar-refractivity contribution >= 4 is 23.7 Å². The summed E-state index contributed by atoms with van der Waals surface area (Å²) in [6, 6.07) is 0. The standard InChI is InChI=1S/C13H24O.2C11H20O2.C10H18O2/c1-3-4-5-6-12-7-9-13(10-8-12)11(2)14;1-8(2)7-9-3-5-10(6-4-9)11(12)13;1-2-3-4-9-5-7-10(8-6-9)11(12)13;1-2-3-8-4-6-9(7-5-8)10(11)12/h12-13H,3-10H2,1-2H3;8-10H,3-7H2,1-2H3,(H,12,13);9-10H,2-8H2,1H3,(H,12,13);8-9H,2-7H2,1H3,(H,11,12). The van der Waals surface area contributed by atoms with Gasteiger partial charge < -0.3 is 15.3 Å². The second-order valence-electron chi connectivity index (χ2n) is 17.6. The quantitative estimate of drug-likeness (QED) is 0.143. The minimum Gasteiger partial charge on any atom is -0.481 e. The van der Waals surface area contributed by atoms with E-state index in [-0.39, 0.29) is 17.8 Å². The van der Waals surface area contributed by atoms with E-state index in [0.717, 1.165) is 119 Å². The Morgan fingerprint density at radius 2 is 0.769 bits per heavy atom. The molecule has 0 aromatic carbocycles. The van der Waals surface area contributed by atoms with Crippen molar-refractivity contribution in [2.75, 3.05) is 0 Å². The predicted octanol–water partition coefficient (Wildman–Crippen LogP) is 12.6. The fraction of sp³-hybridized carbons (Fsp3) is 0.911. The van der Waals surface area contributed by atoms with E-state index in [1.54, 1.807) is 6.92 Å². The number of carboxylic acid groups (broad SMARTS) is 3. The van der Waals surface area contributed by atoms with Gasteiger partial charge in [-0.2, -0.15) is 0 Å². The highest BCUT2D eigenvalue weighted by molar-refractivity contribution is 5.78. The van der Waals surface area contributed by atoms with Gasteiger partial charge in [-0.3, -0.25) is 19.2 Å². The molecule has 4 saturated carbocycles. The molecular formula is C45H82O7. The fourth-order valence-electron chi connectivity index (χ4n) is 9.15. The number of ketones is 1. The van der Waals surface area contributed by atoms with E-state index in [0.29, 0.717) is 11.7 Å². The first kappa shape index (κ1) is 48.1. The maximum Gasteiger partial charge on any atom is 0.306 e. The van der Waals surface area contributed by atoms with Crippen molar-refractivity contribution in [1.82, 2.24) is 0 Å². The number of hydrogen-bond acceptors (Lipinski definition) is 4. The third-order valence-corrected chi connectivity index (χ3v) is 12.7. The van der Waals surface area contributed by atoms with Gasteiger partial charge >= 0.3 is 17.9 Å². The van der Waals surface area contributed by atoms with E-state index in [1.165, 1.54) is 77.0 Å². The number of Topliss-reactive ketones (excluding diaryl/α,β-unsaturated/α-hetero) is 1. The second kappa shape index (κ2) is 28.5. The molecule has 4 rings (SSSR count). The van der Waals surface area contributed by atoms with Crippen LogP contribution in [0.4, 0.5) is 0 Å². The molecule has 304 valence electrons. The Balaban J connectivity index is 0.000000347. The van der Waals surface area contributed by atoms with Crippen LogP contribution >= 0.6 is 0 Å². The molecule has 4 aliphatic carbocycles. The highest BCUT2D eigenvalue weighted by Gasteiger charge is 2.28. The molecule has 0 aromatic rings. The molecule has 7 nitrogen and oxygen atoms in total. The van der Waals surface area contributed by atoms with Crippen molar-refractivity contribution in [1.29, 1.82) is 0 Å². The number of carboxylic acids is 3. The summed E-state index contributed by atoms with van der Waals surface area (Å²) in [5.41, 5.74) is 0. The summed E-state index contributed by atoms with van der Waals surface area (Å²) in [5.74, 6) is 3.00. The summed E-state index contributed by atoms with van der Waals surface area (Å²) >= 11 is 0. The number of unbranched alkanes of at least 4 members (excludes halogenated alkanes) is 3. The average molecular weight is 735 g/mol. The summed E-state index contributed by atoms with van der Waals surface area (Å²) < 4.78 is 0. The average Bonchev–Trinajstić information content (AvgIpc) is 3.12. The van der Waals surface area contributed by atoms with Crippen molar-refractivity contribution in [3.63, 3.8) is 0 Å². The van der Waals surface area contributed by atoms with Crippen molar-refractivity contribution in [3.05, 3.63) is 0 Å². The molecule has 0 amide bonds. The molecule has 0 unspecified atom stereocenters. The van der Waals surface area contributed by atoms with E-state index in [1.807, 2.05) is 0 Å². The minimum atomic E-state index is -0.594. The number of carbonyl (C=O) groups is 4. The van der Waals surface area contributed by atoms with Crippen LogP contribution < -0.4 is 0 Å². The molecule has 0 heterocycles. The first-order chi connectivity index (χ1) is 24.8. The van der Waals surface area contributed by atoms with Crippen LogP contribution in [0.25, 0.3) is 0 Å². The molecular weight excluding hydrogens is 652 g/mol. The van der Waals surface area contributed by atoms with Crippen molar-refractivity contribution < 1.29 is 34.5 Å². The van der Waals surface area contributed by atoms with Crippen LogP contribution in [-0.2, 0) is 19.2 Å². The Labute approximate surface area is 319 Å². The first-order valence-corrected chi connectivity index (χ1v) is 22.0. The zero-order valence-electron chi connectivity index (χ0n) is 34.6. The van der Waals surface area contributed by atoms with E-state index < -0.39 is 17.9 Å². The first-order valence-electron chi connectivity index (χ1n) is 22.0. The molecule has 0 saturated heterocycles. The number of hydrogen-bond donors (Lipinski definition) is 3. The van der Waals surface area contributed by atoms with Gasteiger partial charge in [0.05, 0.1) is 17.8 Å². The van der Waals surface area contributed by atoms with Crippen molar-refractivity contribution in [2.24, 2.45) is 53.3 Å². The summed E-state index contributed by atoms with van der Waals surface area (Å²) in [6.07, 6.45) is 30.3. The van der Waals surface area contributed by atoms with Gasteiger partial charge in [0.15, 0.2) is 0 Å². The van der Waals surface area contributed by atoms with E-state index in [4.69, 9.17) is 15.3 Å². The lowest BCUT2D eigenvalue weighted by molar-refractivity contribution is -0.144. The maximum atomic E-state index is 11.2.